The third-order valence-electron chi connectivity index (χ3n) is 1.68. The van der Waals surface area contributed by atoms with Crippen molar-refractivity contribution >= 4 is 23.4 Å². The molecule has 0 spiro atoms. The van der Waals surface area contributed by atoms with Gasteiger partial charge in [-0.3, -0.25) is 4.79 Å². The molecule has 1 amide bonds. The minimum absolute atomic E-state index is 0.00178. The van der Waals surface area contributed by atoms with Crippen LogP contribution >= 0.6 is 11.8 Å². The Labute approximate surface area is 77.0 Å². The summed E-state index contributed by atoms with van der Waals surface area (Å²) in [7, 11) is 0. The van der Waals surface area contributed by atoms with Crippen LogP contribution in [0.3, 0.4) is 0 Å². The van der Waals surface area contributed by atoms with Crippen molar-refractivity contribution in [2.24, 2.45) is 5.10 Å². The van der Waals surface area contributed by atoms with E-state index in [1.807, 2.05) is 18.7 Å². The third kappa shape index (κ3) is 3.26. The Morgan fingerprint density at radius 1 is 1.75 bits per heavy atom. The Morgan fingerprint density at radius 3 is 3.17 bits per heavy atom. The first kappa shape index (κ1) is 9.58. The van der Waals surface area contributed by atoms with E-state index in [9.17, 15) is 4.79 Å². The fraction of sp³-hybridized carbons (Fsp3) is 0.750. The highest BCUT2D eigenvalue weighted by Crippen LogP contribution is 2.13. The molecule has 1 rings (SSSR count). The molecule has 0 aromatic heterocycles. The predicted molar refractivity (Wildman–Crippen MR) is 52.4 cm³/mol. The van der Waals surface area contributed by atoms with Gasteiger partial charge >= 0.3 is 0 Å². The quantitative estimate of drug-likeness (QED) is 0.662. The average molecular weight is 186 g/mol. The molecule has 1 fully saturated rings. The normalized spacial score (nSPS) is 20.9. The van der Waals surface area contributed by atoms with E-state index in [4.69, 9.17) is 0 Å². The first-order valence-corrected chi connectivity index (χ1v) is 5.40. The van der Waals surface area contributed by atoms with E-state index >= 15 is 0 Å². The van der Waals surface area contributed by atoms with Crippen molar-refractivity contribution in [2.75, 3.05) is 11.5 Å². The SMILES string of the molecule is CCC(=O)N/N=C1/CCCSC1. The second kappa shape index (κ2) is 5.19. The summed E-state index contributed by atoms with van der Waals surface area (Å²) in [4.78, 5) is 10.8. The van der Waals surface area contributed by atoms with Gasteiger partial charge in [-0.25, -0.2) is 5.43 Å². The van der Waals surface area contributed by atoms with Crippen LogP contribution in [0.4, 0.5) is 0 Å². The van der Waals surface area contributed by atoms with Crippen molar-refractivity contribution in [2.45, 2.75) is 26.2 Å². The number of hydrogen-bond donors (Lipinski definition) is 1. The summed E-state index contributed by atoms with van der Waals surface area (Å²) >= 11 is 1.88. The largest absolute Gasteiger partial charge is 0.273 e. The van der Waals surface area contributed by atoms with E-state index in [1.54, 1.807) is 0 Å². The number of nitrogens with one attached hydrogen (secondary N) is 1. The van der Waals surface area contributed by atoms with Crippen LogP contribution in [-0.4, -0.2) is 23.1 Å². The molecule has 1 saturated heterocycles. The number of carbonyl (C=O) groups is 1. The number of hydrazone groups is 1. The number of carbonyl (C=O) groups excluding carboxylic acids is 1. The van der Waals surface area contributed by atoms with Crippen LogP contribution in [0.2, 0.25) is 0 Å². The monoisotopic (exact) mass is 186 g/mol. The first-order valence-electron chi connectivity index (χ1n) is 4.25. The zero-order valence-corrected chi connectivity index (χ0v) is 8.12. The van der Waals surface area contributed by atoms with Gasteiger partial charge in [0.1, 0.15) is 0 Å². The third-order valence-corrected chi connectivity index (χ3v) is 2.80. The van der Waals surface area contributed by atoms with Crippen molar-refractivity contribution in [3.63, 3.8) is 0 Å². The predicted octanol–water partition coefficient (Wildman–Crippen LogP) is 1.40. The fourth-order valence-electron chi connectivity index (χ4n) is 0.949. The lowest BCUT2D eigenvalue weighted by Gasteiger charge is -2.11. The Balaban J connectivity index is 2.29. The van der Waals surface area contributed by atoms with Crippen LogP contribution in [0.1, 0.15) is 26.2 Å². The smallest absolute Gasteiger partial charge is 0.239 e. The van der Waals surface area contributed by atoms with Crippen LogP contribution in [-0.2, 0) is 4.79 Å². The maximum atomic E-state index is 10.8. The molecule has 3 nitrogen and oxygen atoms in total. The maximum absolute atomic E-state index is 10.8. The molecule has 0 unspecified atom stereocenters. The van der Waals surface area contributed by atoms with Gasteiger partial charge < -0.3 is 0 Å². The van der Waals surface area contributed by atoms with Crippen LogP contribution in [0.25, 0.3) is 0 Å². The summed E-state index contributed by atoms with van der Waals surface area (Å²) in [5.41, 5.74) is 3.66. The van der Waals surface area contributed by atoms with Crippen molar-refractivity contribution < 1.29 is 4.79 Å². The second-order valence-corrected chi connectivity index (χ2v) is 3.83. The second-order valence-electron chi connectivity index (χ2n) is 2.72. The fourth-order valence-corrected chi connectivity index (χ4v) is 1.89. The Bertz CT molecular complexity index is 183. The lowest BCUT2D eigenvalue weighted by Crippen LogP contribution is -2.20. The highest BCUT2D eigenvalue weighted by atomic mass is 32.2. The zero-order valence-electron chi connectivity index (χ0n) is 7.30. The van der Waals surface area contributed by atoms with Gasteiger partial charge in [0.05, 0.1) is 0 Å². The van der Waals surface area contributed by atoms with E-state index in [-0.39, 0.29) is 5.91 Å². The molecule has 0 radical (unpaired) electrons. The maximum Gasteiger partial charge on any atom is 0.239 e. The van der Waals surface area contributed by atoms with Crippen molar-refractivity contribution in [3.05, 3.63) is 0 Å². The highest BCUT2D eigenvalue weighted by molar-refractivity contribution is 8.00. The summed E-state index contributed by atoms with van der Waals surface area (Å²) in [6, 6.07) is 0. The molecule has 4 heteroatoms. The van der Waals surface area contributed by atoms with Gasteiger partial charge in [0.2, 0.25) is 5.91 Å². The highest BCUT2D eigenvalue weighted by Gasteiger charge is 2.06. The topological polar surface area (TPSA) is 41.5 Å². The molecule has 1 aliphatic rings. The van der Waals surface area contributed by atoms with Gasteiger partial charge in [-0.2, -0.15) is 16.9 Å². The molecule has 1 N–H and O–H groups in total. The summed E-state index contributed by atoms with van der Waals surface area (Å²) in [6.45, 7) is 1.82. The van der Waals surface area contributed by atoms with Crippen LogP contribution < -0.4 is 5.43 Å². The summed E-state index contributed by atoms with van der Waals surface area (Å²) in [5, 5.41) is 4.05. The van der Waals surface area contributed by atoms with Gasteiger partial charge in [0, 0.05) is 17.9 Å². The number of thioether (sulfide) groups is 1. The van der Waals surface area contributed by atoms with E-state index in [0.717, 1.165) is 17.9 Å². The summed E-state index contributed by atoms with van der Waals surface area (Å²) < 4.78 is 0. The van der Waals surface area contributed by atoms with E-state index in [0.29, 0.717) is 6.42 Å². The molecule has 0 saturated carbocycles. The Kier molecular flexibility index (Phi) is 4.14. The van der Waals surface area contributed by atoms with Crippen molar-refractivity contribution in [1.82, 2.24) is 5.43 Å². The lowest BCUT2D eigenvalue weighted by atomic mass is 10.2. The molecule has 0 atom stereocenters. The lowest BCUT2D eigenvalue weighted by molar-refractivity contribution is -0.120. The van der Waals surface area contributed by atoms with Gasteiger partial charge in [-0.15, -0.1) is 0 Å². The zero-order chi connectivity index (χ0) is 8.81. The summed E-state index contributed by atoms with van der Waals surface area (Å²) in [5.74, 6) is 2.20. The van der Waals surface area contributed by atoms with Gasteiger partial charge in [0.15, 0.2) is 0 Å². The molecule has 0 aromatic rings. The minimum Gasteiger partial charge on any atom is -0.273 e. The molecule has 1 heterocycles. The van der Waals surface area contributed by atoms with Crippen LogP contribution in [0.15, 0.2) is 5.10 Å². The molecule has 0 aromatic carbocycles. The van der Waals surface area contributed by atoms with Crippen molar-refractivity contribution in [3.8, 4) is 0 Å². The van der Waals surface area contributed by atoms with E-state index in [1.165, 1.54) is 12.2 Å². The van der Waals surface area contributed by atoms with E-state index in [2.05, 4.69) is 10.5 Å². The number of rotatable bonds is 2. The Hall–Kier alpha value is -0.510. The molecule has 1 aliphatic heterocycles. The molecule has 0 bridgehead atoms. The molecular formula is C8H14N2OS. The van der Waals surface area contributed by atoms with Gasteiger partial charge in [0.25, 0.3) is 0 Å². The molecule has 12 heavy (non-hydrogen) atoms. The van der Waals surface area contributed by atoms with Gasteiger partial charge in [-0.05, 0) is 18.6 Å². The number of nitrogens with zero attached hydrogens (tertiary/aromatic N) is 1. The molecule has 0 aliphatic carbocycles. The van der Waals surface area contributed by atoms with Crippen molar-refractivity contribution in [1.29, 1.82) is 0 Å². The number of amides is 1. The standard InChI is InChI=1S/C8H14N2OS/c1-2-8(11)10-9-7-4-3-5-12-6-7/h2-6H2,1H3,(H,10,11)/b9-7-. The van der Waals surface area contributed by atoms with Crippen LogP contribution in [0.5, 0.6) is 0 Å². The Morgan fingerprint density at radius 2 is 2.58 bits per heavy atom. The van der Waals surface area contributed by atoms with E-state index < -0.39 is 0 Å². The average Bonchev–Trinajstić information content (AvgIpc) is 2.16. The molecular weight excluding hydrogens is 172 g/mol. The minimum atomic E-state index is -0.00178. The first-order chi connectivity index (χ1) is 5.83. The summed E-state index contributed by atoms with van der Waals surface area (Å²) in [6.07, 6.45) is 2.73. The number of hydrogen-bond acceptors (Lipinski definition) is 3. The molecule has 68 valence electrons. The van der Waals surface area contributed by atoms with Crippen LogP contribution in [0, 0.1) is 0 Å². The van der Waals surface area contributed by atoms with Gasteiger partial charge in [-0.1, -0.05) is 6.92 Å².